The average Bonchev–Trinajstić information content (AvgIpc) is 3.02. The molecule has 1 heterocycles. The van der Waals surface area contributed by atoms with Gasteiger partial charge in [0.1, 0.15) is 6.07 Å². The minimum Gasteiger partial charge on any atom is -0.457 e. The molecule has 0 spiro atoms. The summed E-state index contributed by atoms with van der Waals surface area (Å²) < 4.78 is 9.86. The SMILES string of the molecule is C[C@H](OC(=O)c1ccco1)C(=O)Nc1ccccc1C#N. The van der Waals surface area contributed by atoms with Crippen LogP contribution < -0.4 is 5.32 Å². The Bertz CT molecular complexity index is 686. The highest BCUT2D eigenvalue weighted by Gasteiger charge is 2.21. The summed E-state index contributed by atoms with van der Waals surface area (Å²) >= 11 is 0. The van der Waals surface area contributed by atoms with Crippen LogP contribution in [0.2, 0.25) is 0 Å². The number of para-hydroxylation sites is 1. The Balaban J connectivity index is 2.00. The van der Waals surface area contributed by atoms with Crippen molar-refractivity contribution >= 4 is 17.6 Å². The zero-order chi connectivity index (χ0) is 15.2. The van der Waals surface area contributed by atoms with Gasteiger partial charge in [-0.2, -0.15) is 5.26 Å². The molecule has 0 saturated heterocycles. The summed E-state index contributed by atoms with van der Waals surface area (Å²) in [4.78, 5) is 23.6. The first kappa shape index (κ1) is 14.3. The van der Waals surface area contributed by atoms with E-state index in [0.29, 0.717) is 11.3 Å². The van der Waals surface area contributed by atoms with Crippen molar-refractivity contribution in [1.82, 2.24) is 0 Å². The predicted molar refractivity (Wildman–Crippen MR) is 73.4 cm³/mol. The van der Waals surface area contributed by atoms with E-state index < -0.39 is 18.0 Å². The summed E-state index contributed by atoms with van der Waals surface area (Å²) in [6, 6.07) is 11.5. The maximum Gasteiger partial charge on any atom is 0.374 e. The maximum absolute atomic E-state index is 12.0. The van der Waals surface area contributed by atoms with Gasteiger partial charge in [-0.1, -0.05) is 12.1 Å². The van der Waals surface area contributed by atoms with Crippen LogP contribution in [-0.4, -0.2) is 18.0 Å². The number of ether oxygens (including phenoxy) is 1. The Hall–Kier alpha value is -3.07. The van der Waals surface area contributed by atoms with Crippen molar-refractivity contribution in [3.8, 4) is 6.07 Å². The Labute approximate surface area is 120 Å². The second-order valence-corrected chi connectivity index (χ2v) is 4.17. The highest BCUT2D eigenvalue weighted by atomic mass is 16.6. The highest BCUT2D eigenvalue weighted by Crippen LogP contribution is 2.14. The number of nitrogens with one attached hydrogen (secondary N) is 1. The van der Waals surface area contributed by atoms with E-state index in [1.165, 1.54) is 19.3 Å². The van der Waals surface area contributed by atoms with Crippen LogP contribution in [0.25, 0.3) is 0 Å². The van der Waals surface area contributed by atoms with E-state index in [2.05, 4.69) is 5.32 Å². The molecule has 0 aliphatic heterocycles. The number of nitriles is 1. The summed E-state index contributed by atoms with van der Waals surface area (Å²) in [6.45, 7) is 1.44. The first-order chi connectivity index (χ1) is 10.1. The van der Waals surface area contributed by atoms with Crippen molar-refractivity contribution in [1.29, 1.82) is 5.26 Å². The topological polar surface area (TPSA) is 92.3 Å². The average molecular weight is 284 g/mol. The number of benzene rings is 1. The molecule has 1 atom stereocenters. The number of carbonyl (C=O) groups is 2. The number of nitrogens with zero attached hydrogens (tertiary/aromatic N) is 1. The smallest absolute Gasteiger partial charge is 0.374 e. The van der Waals surface area contributed by atoms with Gasteiger partial charge in [0.2, 0.25) is 5.76 Å². The molecule has 0 unspecified atom stereocenters. The summed E-state index contributed by atoms with van der Waals surface area (Å²) in [5.41, 5.74) is 0.696. The van der Waals surface area contributed by atoms with Gasteiger partial charge in [-0.15, -0.1) is 0 Å². The number of carbonyl (C=O) groups excluding carboxylic acids is 2. The monoisotopic (exact) mass is 284 g/mol. The number of hydrogen-bond donors (Lipinski definition) is 1. The third-order valence-corrected chi connectivity index (χ3v) is 2.68. The molecule has 106 valence electrons. The van der Waals surface area contributed by atoms with Crippen LogP contribution in [0.5, 0.6) is 0 Å². The normalized spacial score (nSPS) is 11.2. The zero-order valence-corrected chi connectivity index (χ0v) is 11.2. The Kier molecular flexibility index (Phi) is 4.36. The van der Waals surface area contributed by atoms with Gasteiger partial charge < -0.3 is 14.5 Å². The fourth-order valence-corrected chi connectivity index (χ4v) is 1.59. The standard InChI is InChI=1S/C15H12N2O4/c1-10(21-15(19)13-7-4-8-20-13)14(18)17-12-6-3-2-5-11(12)9-16/h2-8,10H,1H3,(H,17,18)/t10-/m0/s1. The van der Waals surface area contributed by atoms with Crippen LogP contribution in [0.1, 0.15) is 23.0 Å². The van der Waals surface area contributed by atoms with E-state index in [4.69, 9.17) is 14.4 Å². The molecular weight excluding hydrogens is 272 g/mol. The van der Waals surface area contributed by atoms with Crippen molar-refractivity contribution < 1.29 is 18.7 Å². The van der Waals surface area contributed by atoms with Crippen LogP contribution in [0.4, 0.5) is 5.69 Å². The van der Waals surface area contributed by atoms with Crippen molar-refractivity contribution in [3.63, 3.8) is 0 Å². The lowest BCUT2D eigenvalue weighted by Crippen LogP contribution is -2.30. The minimum atomic E-state index is -1.02. The highest BCUT2D eigenvalue weighted by molar-refractivity contribution is 5.97. The van der Waals surface area contributed by atoms with Crippen LogP contribution in [0.15, 0.2) is 47.1 Å². The van der Waals surface area contributed by atoms with E-state index in [0.717, 1.165) is 0 Å². The lowest BCUT2D eigenvalue weighted by Gasteiger charge is -2.13. The quantitative estimate of drug-likeness (QED) is 0.870. The van der Waals surface area contributed by atoms with Crippen molar-refractivity contribution in [2.24, 2.45) is 0 Å². The molecule has 0 radical (unpaired) electrons. The molecule has 6 nitrogen and oxygen atoms in total. The van der Waals surface area contributed by atoms with Crippen molar-refractivity contribution in [2.75, 3.05) is 5.32 Å². The molecule has 0 saturated carbocycles. The van der Waals surface area contributed by atoms with E-state index in [1.54, 1.807) is 30.3 Å². The van der Waals surface area contributed by atoms with Crippen molar-refractivity contribution in [2.45, 2.75) is 13.0 Å². The molecule has 0 aliphatic rings. The lowest BCUT2D eigenvalue weighted by atomic mass is 10.2. The number of rotatable bonds is 4. The molecule has 1 aromatic carbocycles. The number of anilines is 1. The van der Waals surface area contributed by atoms with Gasteiger partial charge >= 0.3 is 5.97 Å². The van der Waals surface area contributed by atoms with Crippen LogP contribution >= 0.6 is 0 Å². The summed E-state index contributed by atoms with van der Waals surface area (Å²) in [6.07, 6.45) is 0.319. The number of hydrogen-bond acceptors (Lipinski definition) is 5. The minimum absolute atomic E-state index is 0.0204. The third-order valence-electron chi connectivity index (χ3n) is 2.68. The third kappa shape index (κ3) is 3.48. The number of amides is 1. The Morgan fingerprint density at radius 3 is 2.71 bits per heavy atom. The van der Waals surface area contributed by atoms with Gasteiger partial charge in [0.25, 0.3) is 5.91 Å². The molecule has 1 aromatic heterocycles. The Morgan fingerprint density at radius 1 is 1.29 bits per heavy atom. The van der Waals surface area contributed by atoms with Gasteiger partial charge in [-0.05, 0) is 31.2 Å². The molecule has 2 aromatic rings. The van der Waals surface area contributed by atoms with Gasteiger partial charge in [0.15, 0.2) is 6.10 Å². The summed E-state index contributed by atoms with van der Waals surface area (Å²) in [5.74, 6) is -1.24. The lowest BCUT2D eigenvalue weighted by molar-refractivity contribution is -0.123. The maximum atomic E-state index is 12.0. The fraction of sp³-hybridized carbons (Fsp3) is 0.133. The van der Waals surface area contributed by atoms with Crippen LogP contribution in [-0.2, 0) is 9.53 Å². The molecule has 6 heteroatoms. The second kappa shape index (κ2) is 6.39. The van der Waals surface area contributed by atoms with Gasteiger partial charge in [0.05, 0.1) is 17.5 Å². The van der Waals surface area contributed by atoms with Gasteiger partial charge in [-0.25, -0.2) is 4.79 Å². The van der Waals surface area contributed by atoms with Crippen LogP contribution in [0.3, 0.4) is 0 Å². The molecule has 0 aliphatic carbocycles. The van der Waals surface area contributed by atoms with E-state index in [1.807, 2.05) is 6.07 Å². The molecule has 1 N–H and O–H groups in total. The Morgan fingerprint density at radius 2 is 2.05 bits per heavy atom. The zero-order valence-electron chi connectivity index (χ0n) is 11.2. The second-order valence-electron chi connectivity index (χ2n) is 4.17. The molecular formula is C15H12N2O4. The number of furan rings is 1. The fourth-order valence-electron chi connectivity index (χ4n) is 1.59. The van der Waals surface area contributed by atoms with Crippen molar-refractivity contribution in [3.05, 3.63) is 54.0 Å². The predicted octanol–water partition coefficient (Wildman–Crippen LogP) is 2.34. The van der Waals surface area contributed by atoms with E-state index >= 15 is 0 Å². The summed E-state index contributed by atoms with van der Waals surface area (Å²) in [5, 5.41) is 11.5. The van der Waals surface area contributed by atoms with Gasteiger partial charge in [0, 0.05) is 0 Å². The number of esters is 1. The first-order valence-electron chi connectivity index (χ1n) is 6.16. The molecule has 0 fully saturated rings. The molecule has 2 rings (SSSR count). The van der Waals surface area contributed by atoms with E-state index in [9.17, 15) is 9.59 Å². The molecule has 0 bridgehead atoms. The van der Waals surface area contributed by atoms with E-state index in [-0.39, 0.29) is 5.76 Å². The molecule has 21 heavy (non-hydrogen) atoms. The summed E-state index contributed by atoms with van der Waals surface area (Å²) in [7, 11) is 0. The largest absolute Gasteiger partial charge is 0.457 e. The van der Waals surface area contributed by atoms with Crippen LogP contribution in [0, 0.1) is 11.3 Å². The van der Waals surface area contributed by atoms with Gasteiger partial charge in [-0.3, -0.25) is 4.79 Å². The molecule has 1 amide bonds. The first-order valence-corrected chi connectivity index (χ1v) is 6.16.